The number of unbranched alkanes of at least 4 members (excludes halogenated alkanes) is 1. The van der Waals surface area contributed by atoms with E-state index in [-0.39, 0.29) is 28.9 Å². The number of carboxylic acids is 1. The van der Waals surface area contributed by atoms with E-state index in [1.54, 1.807) is 0 Å². The molecule has 2 aromatic rings. The fourth-order valence-corrected chi connectivity index (χ4v) is 3.58. The zero-order valence-electron chi connectivity index (χ0n) is 22.3. The molecule has 2 aromatic carbocycles. The zero-order chi connectivity index (χ0) is 28.3. The summed E-state index contributed by atoms with van der Waals surface area (Å²) < 4.78 is 32.5. The third kappa shape index (κ3) is 12.4. The molecular formula is C33H36F2O4. The van der Waals surface area contributed by atoms with Crippen molar-refractivity contribution in [1.29, 1.82) is 0 Å². The Kier molecular flexibility index (Phi) is 14.6. The Balaban J connectivity index is 1.70. The molecule has 0 bridgehead atoms. The van der Waals surface area contributed by atoms with E-state index in [2.05, 4.69) is 55.5 Å². The Morgan fingerprint density at radius 2 is 1.38 bits per heavy atom. The molecule has 0 unspecified atom stereocenters. The summed E-state index contributed by atoms with van der Waals surface area (Å²) in [6.45, 7) is 2.13. The molecular weight excluding hydrogens is 498 g/mol. The molecule has 0 radical (unpaired) electrons. The molecule has 0 saturated carbocycles. The number of halogens is 2. The first-order valence-corrected chi connectivity index (χ1v) is 13.2. The van der Waals surface area contributed by atoms with Crippen LogP contribution in [0.1, 0.15) is 68.6 Å². The third-order valence-electron chi connectivity index (χ3n) is 5.59. The lowest BCUT2D eigenvalue weighted by molar-refractivity contribution is -0.134. The van der Waals surface area contributed by atoms with Gasteiger partial charge in [-0.1, -0.05) is 73.8 Å². The van der Waals surface area contributed by atoms with Crippen molar-refractivity contribution >= 4 is 11.9 Å². The van der Waals surface area contributed by atoms with E-state index >= 15 is 0 Å². The van der Waals surface area contributed by atoms with Gasteiger partial charge in [0.1, 0.15) is 22.9 Å². The van der Waals surface area contributed by atoms with Crippen LogP contribution in [-0.2, 0) is 4.79 Å². The van der Waals surface area contributed by atoms with Crippen LogP contribution in [-0.4, -0.2) is 17.0 Å². The highest BCUT2D eigenvalue weighted by Crippen LogP contribution is 2.29. The summed E-state index contributed by atoms with van der Waals surface area (Å²) >= 11 is 0. The molecule has 1 N–H and O–H groups in total. The summed E-state index contributed by atoms with van der Waals surface area (Å²) in [5, 5.41) is 9.53. The van der Waals surface area contributed by atoms with Crippen molar-refractivity contribution in [1.82, 2.24) is 0 Å². The Bertz CT molecular complexity index is 1220. The molecule has 0 saturated heterocycles. The number of rotatable bonds is 16. The Labute approximate surface area is 229 Å². The number of carbonyl (C=O) groups excluding carboxylic acids is 1. The van der Waals surface area contributed by atoms with Crippen LogP contribution in [0.2, 0.25) is 0 Å². The Hall–Kier alpha value is -4.06. The molecule has 4 nitrogen and oxygen atoms in total. The fraction of sp³-hybridized carbons (Fsp3) is 0.273. The standard InChI is InChI=1S/C33H36F2O4/c1-2-3-4-5-6-7-8-9-10-11-12-13-14-15-16-17-18-19-32(36)39-31-23-20-26(24-29(31)33(37)38)28-22-21-27(34)25-30(28)35/h3-4,6-7,9-10,12-13,15-16,20-25H,2,5,8,11,14,17-19H2,1H3,(H,37,38). The Morgan fingerprint density at radius 3 is 1.95 bits per heavy atom. The van der Waals surface area contributed by atoms with Gasteiger partial charge in [0.25, 0.3) is 0 Å². The van der Waals surface area contributed by atoms with Crippen LogP contribution >= 0.6 is 0 Å². The molecule has 39 heavy (non-hydrogen) atoms. The van der Waals surface area contributed by atoms with Crippen LogP contribution in [0.15, 0.2) is 97.2 Å². The van der Waals surface area contributed by atoms with Crippen LogP contribution in [0.4, 0.5) is 8.78 Å². The van der Waals surface area contributed by atoms with Crippen molar-refractivity contribution in [2.75, 3.05) is 0 Å². The van der Waals surface area contributed by atoms with E-state index in [0.29, 0.717) is 12.8 Å². The fourth-order valence-electron chi connectivity index (χ4n) is 3.58. The minimum atomic E-state index is -1.32. The van der Waals surface area contributed by atoms with Gasteiger partial charge in [0, 0.05) is 18.1 Å². The molecule has 0 aliphatic carbocycles. The predicted octanol–water partition coefficient (Wildman–Crippen LogP) is 9.16. The largest absolute Gasteiger partial charge is 0.478 e. The average Bonchev–Trinajstić information content (AvgIpc) is 2.90. The van der Waals surface area contributed by atoms with Gasteiger partial charge >= 0.3 is 11.9 Å². The van der Waals surface area contributed by atoms with E-state index in [1.165, 1.54) is 24.3 Å². The second kappa shape index (κ2) is 18.2. The first-order valence-electron chi connectivity index (χ1n) is 13.2. The molecule has 0 spiro atoms. The van der Waals surface area contributed by atoms with Crippen LogP contribution in [0, 0.1) is 11.6 Å². The van der Waals surface area contributed by atoms with Crippen LogP contribution in [0.5, 0.6) is 5.75 Å². The number of hydrogen-bond donors (Lipinski definition) is 1. The molecule has 0 amide bonds. The van der Waals surface area contributed by atoms with Crippen molar-refractivity contribution in [2.45, 2.75) is 58.3 Å². The van der Waals surface area contributed by atoms with Crippen LogP contribution in [0.25, 0.3) is 11.1 Å². The van der Waals surface area contributed by atoms with Gasteiger partial charge in [0.2, 0.25) is 0 Å². The van der Waals surface area contributed by atoms with Crippen molar-refractivity contribution in [3.63, 3.8) is 0 Å². The molecule has 0 atom stereocenters. The van der Waals surface area contributed by atoms with Crippen LogP contribution in [0.3, 0.4) is 0 Å². The number of carboxylic acid groups (broad SMARTS) is 1. The van der Waals surface area contributed by atoms with E-state index < -0.39 is 23.6 Å². The summed E-state index contributed by atoms with van der Waals surface area (Å²) in [4.78, 5) is 23.9. The average molecular weight is 535 g/mol. The van der Waals surface area contributed by atoms with Gasteiger partial charge in [0.05, 0.1) is 0 Å². The lowest BCUT2D eigenvalue weighted by Crippen LogP contribution is -2.11. The van der Waals surface area contributed by atoms with Crippen LogP contribution < -0.4 is 4.74 Å². The minimum Gasteiger partial charge on any atom is -0.478 e. The van der Waals surface area contributed by atoms with Crippen molar-refractivity contribution < 1.29 is 28.2 Å². The quantitative estimate of drug-likeness (QED) is 0.101. The number of benzene rings is 2. The Morgan fingerprint density at radius 1 is 0.795 bits per heavy atom. The summed E-state index contributed by atoms with van der Waals surface area (Å²) in [6.07, 6.45) is 27.3. The molecule has 0 heterocycles. The summed E-state index contributed by atoms with van der Waals surface area (Å²) in [6, 6.07) is 6.99. The number of esters is 1. The first-order chi connectivity index (χ1) is 18.9. The molecule has 0 fully saturated rings. The van der Waals surface area contributed by atoms with Gasteiger partial charge in [0.15, 0.2) is 0 Å². The monoisotopic (exact) mass is 534 g/mol. The van der Waals surface area contributed by atoms with Gasteiger partial charge in [-0.25, -0.2) is 13.6 Å². The third-order valence-corrected chi connectivity index (χ3v) is 5.59. The summed E-state index contributed by atoms with van der Waals surface area (Å²) in [7, 11) is 0. The number of aromatic carboxylic acids is 1. The normalized spacial score (nSPS) is 12.1. The van der Waals surface area contributed by atoms with Crippen molar-refractivity contribution in [2.24, 2.45) is 0 Å². The van der Waals surface area contributed by atoms with E-state index in [4.69, 9.17) is 4.74 Å². The summed E-state index contributed by atoms with van der Waals surface area (Å²) in [5.74, 6) is -3.53. The number of allylic oxidation sites excluding steroid dienone is 10. The lowest BCUT2D eigenvalue weighted by Gasteiger charge is -2.10. The van der Waals surface area contributed by atoms with E-state index in [9.17, 15) is 23.5 Å². The number of hydrogen-bond acceptors (Lipinski definition) is 3. The maximum atomic E-state index is 14.1. The van der Waals surface area contributed by atoms with E-state index in [1.807, 2.05) is 12.2 Å². The van der Waals surface area contributed by atoms with Gasteiger partial charge < -0.3 is 9.84 Å². The second-order valence-electron chi connectivity index (χ2n) is 8.71. The second-order valence-corrected chi connectivity index (χ2v) is 8.71. The smallest absolute Gasteiger partial charge is 0.339 e. The maximum absolute atomic E-state index is 14.1. The highest BCUT2D eigenvalue weighted by atomic mass is 19.1. The SMILES string of the molecule is CCC=CCC=CCC=CCC=CCC=CCCCC(=O)Oc1ccc(-c2ccc(F)cc2F)cc1C(=O)O. The summed E-state index contributed by atoms with van der Waals surface area (Å²) in [5.41, 5.74) is 0.0133. The predicted molar refractivity (Wildman–Crippen MR) is 153 cm³/mol. The topological polar surface area (TPSA) is 63.6 Å². The van der Waals surface area contributed by atoms with Crippen molar-refractivity contribution in [3.8, 4) is 16.9 Å². The first kappa shape index (κ1) is 31.2. The van der Waals surface area contributed by atoms with Gasteiger partial charge in [-0.15, -0.1) is 0 Å². The molecule has 206 valence electrons. The molecule has 6 heteroatoms. The number of ether oxygens (including phenoxy) is 1. The lowest BCUT2D eigenvalue weighted by atomic mass is 10.0. The maximum Gasteiger partial charge on any atom is 0.339 e. The molecule has 2 rings (SSSR count). The zero-order valence-corrected chi connectivity index (χ0v) is 22.3. The van der Waals surface area contributed by atoms with E-state index in [0.717, 1.165) is 44.2 Å². The highest BCUT2D eigenvalue weighted by Gasteiger charge is 2.17. The van der Waals surface area contributed by atoms with Gasteiger partial charge in [-0.05, 0) is 74.8 Å². The van der Waals surface area contributed by atoms with Crippen molar-refractivity contribution in [3.05, 3.63) is 114 Å². The highest BCUT2D eigenvalue weighted by molar-refractivity contribution is 5.93. The van der Waals surface area contributed by atoms with Gasteiger partial charge in [-0.3, -0.25) is 4.79 Å². The molecule has 0 aliphatic rings. The minimum absolute atomic E-state index is 0.0499. The van der Waals surface area contributed by atoms with Gasteiger partial charge in [-0.2, -0.15) is 0 Å². The molecule has 0 aromatic heterocycles. The number of carbonyl (C=O) groups is 2. The molecule has 0 aliphatic heterocycles.